The predicted molar refractivity (Wildman–Crippen MR) is 71.6 cm³/mol. The maximum Gasteiger partial charge on any atom is 0.330 e. The molecule has 3 nitrogen and oxygen atoms in total. The quantitative estimate of drug-likeness (QED) is 0.498. The summed E-state index contributed by atoms with van der Waals surface area (Å²) in [6, 6.07) is 4.78. The van der Waals surface area contributed by atoms with Gasteiger partial charge in [-0.1, -0.05) is 22.0 Å². The maximum atomic E-state index is 13.4. The first-order valence-corrected chi connectivity index (χ1v) is 6.40. The highest BCUT2D eigenvalue weighted by Gasteiger charge is 2.01. The predicted octanol–water partition coefficient (Wildman–Crippen LogP) is 2.80. The summed E-state index contributed by atoms with van der Waals surface area (Å²) in [5, 5.41) is 3.01. The van der Waals surface area contributed by atoms with E-state index in [1.807, 2.05) is 0 Å². The highest BCUT2D eigenvalue weighted by molar-refractivity contribution is 9.10. The average molecular weight is 316 g/mol. The van der Waals surface area contributed by atoms with E-state index in [2.05, 4.69) is 21.2 Å². The van der Waals surface area contributed by atoms with Crippen LogP contribution in [0.2, 0.25) is 0 Å². The number of benzene rings is 1. The van der Waals surface area contributed by atoms with Crippen LogP contribution in [0.5, 0.6) is 0 Å². The molecule has 0 amide bonds. The molecule has 0 atom stereocenters. The summed E-state index contributed by atoms with van der Waals surface area (Å²) in [6.07, 6.45) is 3.00. The van der Waals surface area contributed by atoms with E-state index in [1.54, 1.807) is 25.1 Å². The van der Waals surface area contributed by atoms with Gasteiger partial charge in [0.05, 0.1) is 6.61 Å². The molecular weight excluding hydrogens is 301 g/mol. The summed E-state index contributed by atoms with van der Waals surface area (Å²) >= 11 is 3.29. The molecule has 5 heteroatoms. The van der Waals surface area contributed by atoms with E-state index in [4.69, 9.17) is 4.74 Å². The summed E-state index contributed by atoms with van der Waals surface area (Å²) in [4.78, 5) is 11.0. The molecule has 0 aliphatic carbocycles. The highest BCUT2D eigenvalue weighted by atomic mass is 79.9. The molecule has 0 saturated heterocycles. The second-order valence-electron chi connectivity index (χ2n) is 3.52. The number of carbonyl (C=O) groups excluding carboxylic acids is 1. The fourth-order valence-electron chi connectivity index (χ4n) is 1.31. The molecular formula is C13H15BrFNO2. The monoisotopic (exact) mass is 315 g/mol. The fraction of sp³-hybridized carbons (Fsp3) is 0.308. The van der Waals surface area contributed by atoms with Crippen molar-refractivity contribution >= 4 is 21.9 Å². The minimum Gasteiger partial charge on any atom is -0.463 e. The molecule has 1 rings (SSSR count). The van der Waals surface area contributed by atoms with E-state index in [-0.39, 0.29) is 11.8 Å². The molecule has 0 fully saturated rings. The number of hydrogen-bond donors (Lipinski definition) is 1. The Morgan fingerprint density at radius 3 is 3.06 bits per heavy atom. The standard InChI is InChI=1S/C13H15BrFNO2/c1-2-18-13(17)4-3-7-16-9-10-8-11(14)5-6-12(10)15/h3-6,8,16H,2,7,9H2,1H3/b4-3+. The Hall–Kier alpha value is -1.20. The van der Waals surface area contributed by atoms with Gasteiger partial charge in [0, 0.05) is 29.2 Å². The molecule has 0 aliphatic heterocycles. The van der Waals surface area contributed by atoms with Crippen molar-refractivity contribution in [2.24, 2.45) is 0 Å². The number of nitrogens with one attached hydrogen (secondary N) is 1. The van der Waals surface area contributed by atoms with Crippen molar-refractivity contribution in [2.75, 3.05) is 13.2 Å². The zero-order valence-corrected chi connectivity index (χ0v) is 11.7. The van der Waals surface area contributed by atoms with Crippen LogP contribution in [0.4, 0.5) is 4.39 Å². The van der Waals surface area contributed by atoms with Gasteiger partial charge in [0.25, 0.3) is 0 Å². The maximum absolute atomic E-state index is 13.4. The average Bonchev–Trinajstić information content (AvgIpc) is 2.33. The molecule has 0 radical (unpaired) electrons. The normalized spacial score (nSPS) is 10.8. The van der Waals surface area contributed by atoms with Crippen LogP contribution in [0.15, 0.2) is 34.8 Å². The summed E-state index contributed by atoms with van der Waals surface area (Å²) in [6.45, 7) is 2.99. The van der Waals surface area contributed by atoms with Crippen LogP contribution in [0, 0.1) is 5.82 Å². The van der Waals surface area contributed by atoms with Gasteiger partial charge in [-0.3, -0.25) is 0 Å². The van der Waals surface area contributed by atoms with Gasteiger partial charge in [-0.15, -0.1) is 0 Å². The first kappa shape index (κ1) is 14.9. The Balaban J connectivity index is 2.33. The molecule has 1 aromatic carbocycles. The SMILES string of the molecule is CCOC(=O)/C=C/CNCc1cc(Br)ccc1F. The van der Waals surface area contributed by atoms with Crippen LogP contribution in [0.3, 0.4) is 0 Å². The number of ether oxygens (including phenoxy) is 1. The molecule has 0 aliphatic rings. The largest absolute Gasteiger partial charge is 0.463 e. The number of carbonyl (C=O) groups is 1. The molecule has 1 aromatic rings. The van der Waals surface area contributed by atoms with Crippen molar-refractivity contribution < 1.29 is 13.9 Å². The smallest absolute Gasteiger partial charge is 0.330 e. The summed E-state index contributed by atoms with van der Waals surface area (Å²) in [5.74, 6) is -0.618. The summed E-state index contributed by atoms with van der Waals surface area (Å²) in [5.41, 5.74) is 0.578. The minimum absolute atomic E-state index is 0.250. The molecule has 0 unspecified atom stereocenters. The van der Waals surface area contributed by atoms with Crippen molar-refractivity contribution in [3.8, 4) is 0 Å². The van der Waals surface area contributed by atoms with Gasteiger partial charge in [0.1, 0.15) is 5.82 Å². The zero-order valence-electron chi connectivity index (χ0n) is 10.1. The van der Waals surface area contributed by atoms with E-state index < -0.39 is 0 Å². The van der Waals surface area contributed by atoms with Crippen molar-refractivity contribution in [2.45, 2.75) is 13.5 Å². The van der Waals surface area contributed by atoms with E-state index in [0.717, 1.165) is 4.47 Å². The van der Waals surface area contributed by atoms with Gasteiger partial charge in [-0.2, -0.15) is 0 Å². The Morgan fingerprint density at radius 2 is 2.33 bits per heavy atom. The third-order valence-corrected chi connectivity index (χ3v) is 2.62. The van der Waals surface area contributed by atoms with Gasteiger partial charge < -0.3 is 10.1 Å². The number of rotatable bonds is 6. The lowest BCUT2D eigenvalue weighted by atomic mass is 10.2. The lowest BCUT2D eigenvalue weighted by Gasteiger charge is -2.04. The van der Waals surface area contributed by atoms with Crippen LogP contribution in [0.25, 0.3) is 0 Å². The molecule has 18 heavy (non-hydrogen) atoms. The van der Waals surface area contributed by atoms with E-state index >= 15 is 0 Å². The molecule has 0 bridgehead atoms. The van der Waals surface area contributed by atoms with Crippen LogP contribution < -0.4 is 5.32 Å². The second kappa shape index (κ2) is 8.00. The molecule has 1 N–H and O–H groups in total. The second-order valence-corrected chi connectivity index (χ2v) is 4.44. The van der Waals surface area contributed by atoms with Gasteiger partial charge >= 0.3 is 5.97 Å². The topological polar surface area (TPSA) is 38.3 Å². The first-order valence-electron chi connectivity index (χ1n) is 5.61. The Bertz CT molecular complexity index is 435. The van der Waals surface area contributed by atoms with Gasteiger partial charge in [0.15, 0.2) is 0 Å². The fourth-order valence-corrected chi connectivity index (χ4v) is 1.72. The third-order valence-electron chi connectivity index (χ3n) is 2.13. The number of halogens is 2. The van der Waals surface area contributed by atoms with Crippen LogP contribution in [-0.4, -0.2) is 19.1 Å². The highest BCUT2D eigenvalue weighted by Crippen LogP contribution is 2.15. The summed E-state index contributed by atoms with van der Waals surface area (Å²) < 4.78 is 18.9. The molecule has 0 saturated carbocycles. The lowest BCUT2D eigenvalue weighted by Crippen LogP contribution is -2.14. The third kappa shape index (κ3) is 5.42. The molecule has 0 aromatic heterocycles. The Morgan fingerprint density at radius 1 is 1.56 bits per heavy atom. The van der Waals surface area contributed by atoms with Crippen LogP contribution >= 0.6 is 15.9 Å². The number of hydrogen-bond acceptors (Lipinski definition) is 3. The Labute approximate surface area is 114 Å². The van der Waals surface area contributed by atoms with Crippen molar-refractivity contribution in [3.05, 3.63) is 46.2 Å². The minimum atomic E-state index is -0.368. The van der Waals surface area contributed by atoms with Gasteiger partial charge in [-0.05, 0) is 25.1 Å². The zero-order chi connectivity index (χ0) is 13.4. The van der Waals surface area contributed by atoms with Gasteiger partial charge in [-0.25, -0.2) is 9.18 Å². The van der Waals surface area contributed by atoms with Crippen molar-refractivity contribution in [1.29, 1.82) is 0 Å². The molecule has 0 spiro atoms. The van der Waals surface area contributed by atoms with E-state index in [0.29, 0.717) is 25.3 Å². The van der Waals surface area contributed by atoms with Gasteiger partial charge in [0.2, 0.25) is 0 Å². The molecule has 98 valence electrons. The van der Waals surface area contributed by atoms with E-state index in [9.17, 15) is 9.18 Å². The van der Waals surface area contributed by atoms with Crippen molar-refractivity contribution in [1.82, 2.24) is 5.32 Å². The number of esters is 1. The molecule has 0 heterocycles. The summed E-state index contributed by atoms with van der Waals surface area (Å²) in [7, 11) is 0. The Kier molecular flexibility index (Phi) is 6.60. The lowest BCUT2D eigenvalue weighted by molar-refractivity contribution is -0.137. The first-order chi connectivity index (χ1) is 8.63. The van der Waals surface area contributed by atoms with Crippen LogP contribution in [0.1, 0.15) is 12.5 Å². The van der Waals surface area contributed by atoms with Crippen molar-refractivity contribution in [3.63, 3.8) is 0 Å². The van der Waals surface area contributed by atoms with E-state index in [1.165, 1.54) is 12.1 Å². The van der Waals surface area contributed by atoms with Crippen LogP contribution in [-0.2, 0) is 16.1 Å².